The zero-order valence-corrected chi connectivity index (χ0v) is 11.1. The maximum absolute atomic E-state index is 12.4. The van der Waals surface area contributed by atoms with Gasteiger partial charge in [0.25, 0.3) is 5.91 Å². The number of nitrogens with zero attached hydrogens (tertiary/aromatic N) is 1. The van der Waals surface area contributed by atoms with Crippen molar-refractivity contribution >= 4 is 17.3 Å². The maximum atomic E-state index is 12.4. The number of carbonyl (C=O) groups is 1. The molecule has 0 aliphatic carbocycles. The fourth-order valence-corrected chi connectivity index (χ4v) is 2.82. The second-order valence-corrected chi connectivity index (χ2v) is 5.18. The molecule has 2 aliphatic heterocycles. The normalized spacial score (nSPS) is 23.9. The number of nitrogens with two attached hydrogens (primary N) is 1. The van der Waals surface area contributed by atoms with Crippen LogP contribution >= 0.6 is 0 Å². The van der Waals surface area contributed by atoms with Gasteiger partial charge in [0.15, 0.2) is 6.10 Å². The number of rotatable bonds is 1. The molecule has 0 spiro atoms. The maximum Gasteiger partial charge on any atom is 0.268 e. The first-order valence-corrected chi connectivity index (χ1v) is 6.77. The molecule has 2 heterocycles. The number of piperidine rings is 1. The van der Waals surface area contributed by atoms with Crippen LogP contribution < -0.4 is 20.7 Å². The first-order valence-electron chi connectivity index (χ1n) is 6.77. The number of nitrogens with one attached hydrogen (secondary N) is 1. The molecule has 0 aromatic heterocycles. The third kappa shape index (κ3) is 2.14. The van der Waals surface area contributed by atoms with Crippen LogP contribution in [0.25, 0.3) is 0 Å². The highest BCUT2D eigenvalue weighted by Gasteiger charge is 2.36. The smallest absolute Gasteiger partial charge is 0.268 e. The number of benzene rings is 1. The van der Waals surface area contributed by atoms with Gasteiger partial charge in [-0.05, 0) is 51.1 Å². The second-order valence-electron chi connectivity index (χ2n) is 5.18. The summed E-state index contributed by atoms with van der Waals surface area (Å²) in [6.07, 6.45) is 1.50. The molecular weight excluding hydrogens is 242 g/mol. The Bertz CT molecular complexity index is 497. The van der Waals surface area contributed by atoms with Gasteiger partial charge < -0.3 is 20.7 Å². The number of ether oxygens (including phenoxy) is 1. The molecule has 1 unspecified atom stereocenters. The molecule has 1 aromatic rings. The van der Waals surface area contributed by atoms with E-state index in [9.17, 15) is 4.79 Å². The van der Waals surface area contributed by atoms with E-state index in [2.05, 4.69) is 5.32 Å². The fraction of sp³-hybridized carbons (Fsp3) is 0.500. The summed E-state index contributed by atoms with van der Waals surface area (Å²) in [5, 5.41) is 3.32. The van der Waals surface area contributed by atoms with E-state index in [4.69, 9.17) is 10.5 Å². The molecule has 3 rings (SSSR count). The fourth-order valence-electron chi connectivity index (χ4n) is 2.82. The van der Waals surface area contributed by atoms with Gasteiger partial charge in [-0.15, -0.1) is 0 Å². The van der Waals surface area contributed by atoms with Crippen LogP contribution in [0.3, 0.4) is 0 Å². The van der Waals surface area contributed by atoms with Gasteiger partial charge in [0.1, 0.15) is 5.75 Å². The number of hydrogen-bond donors (Lipinski definition) is 2. The van der Waals surface area contributed by atoms with E-state index in [1.54, 1.807) is 6.92 Å². The molecule has 102 valence electrons. The lowest BCUT2D eigenvalue weighted by Crippen LogP contribution is -2.52. The number of hydrogen-bond acceptors (Lipinski definition) is 4. The van der Waals surface area contributed by atoms with Crippen molar-refractivity contribution in [3.63, 3.8) is 0 Å². The summed E-state index contributed by atoms with van der Waals surface area (Å²) in [4.78, 5) is 14.3. The Balaban J connectivity index is 2.01. The first kappa shape index (κ1) is 12.3. The predicted molar refractivity (Wildman–Crippen MR) is 74.3 cm³/mol. The third-order valence-corrected chi connectivity index (χ3v) is 3.81. The van der Waals surface area contributed by atoms with Crippen molar-refractivity contribution < 1.29 is 9.53 Å². The van der Waals surface area contributed by atoms with Gasteiger partial charge >= 0.3 is 0 Å². The van der Waals surface area contributed by atoms with E-state index >= 15 is 0 Å². The van der Waals surface area contributed by atoms with E-state index < -0.39 is 6.10 Å². The van der Waals surface area contributed by atoms with Crippen LogP contribution in [-0.4, -0.2) is 31.1 Å². The minimum Gasteiger partial charge on any atom is -0.479 e. The Kier molecular flexibility index (Phi) is 3.06. The van der Waals surface area contributed by atoms with Crippen LogP contribution in [0.4, 0.5) is 11.4 Å². The SMILES string of the molecule is CC1Oc2ccc(N)cc2N(C2CCNCC2)C1=O. The lowest BCUT2D eigenvalue weighted by Gasteiger charge is -2.40. The van der Waals surface area contributed by atoms with Crippen molar-refractivity contribution in [3.8, 4) is 5.75 Å². The minimum absolute atomic E-state index is 0.0324. The molecule has 1 amide bonds. The van der Waals surface area contributed by atoms with E-state index in [1.807, 2.05) is 23.1 Å². The quantitative estimate of drug-likeness (QED) is 0.744. The van der Waals surface area contributed by atoms with Crippen molar-refractivity contribution in [3.05, 3.63) is 18.2 Å². The zero-order chi connectivity index (χ0) is 13.4. The van der Waals surface area contributed by atoms with E-state index in [1.165, 1.54) is 0 Å². The number of fused-ring (bicyclic) bond motifs is 1. The molecule has 1 fully saturated rings. The van der Waals surface area contributed by atoms with Crippen molar-refractivity contribution in [2.45, 2.75) is 31.9 Å². The minimum atomic E-state index is -0.425. The van der Waals surface area contributed by atoms with Crippen LogP contribution in [0.15, 0.2) is 18.2 Å². The topological polar surface area (TPSA) is 67.6 Å². The summed E-state index contributed by atoms with van der Waals surface area (Å²) in [7, 11) is 0. The highest BCUT2D eigenvalue weighted by atomic mass is 16.5. The largest absolute Gasteiger partial charge is 0.479 e. The van der Waals surface area contributed by atoms with Crippen LogP contribution in [0.2, 0.25) is 0 Å². The number of carbonyl (C=O) groups excluding carboxylic acids is 1. The second kappa shape index (κ2) is 4.74. The van der Waals surface area contributed by atoms with Gasteiger partial charge in [-0.2, -0.15) is 0 Å². The van der Waals surface area contributed by atoms with Crippen LogP contribution in [0.5, 0.6) is 5.75 Å². The van der Waals surface area contributed by atoms with E-state index in [-0.39, 0.29) is 11.9 Å². The number of anilines is 2. The van der Waals surface area contributed by atoms with Gasteiger partial charge in [0.2, 0.25) is 0 Å². The average Bonchev–Trinajstić information content (AvgIpc) is 2.42. The molecule has 5 nitrogen and oxygen atoms in total. The molecule has 3 N–H and O–H groups in total. The van der Waals surface area contributed by atoms with Crippen LogP contribution in [-0.2, 0) is 4.79 Å². The number of amides is 1. The molecule has 2 aliphatic rings. The molecule has 0 bridgehead atoms. The van der Waals surface area contributed by atoms with Gasteiger partial charge in [-0.1, -0.05) is 0 Å². The van der Waals surface area contributed by atoms with Crippen molar-refractivity contribution in [1.29, 1.82) is 0 Å². The van der Waals surface area contributed by atoms with Crippen LogP contribution in [0.1, 0.15) is 19.8 Å². The molecule has 5 heteroatoms. The molecule has 19 heavy (non-hydrogen) atoms. The molecule has 0 saturated carbocycles. The molecule has 1 saturated heterocycles. The summed E-state index contributed by atoms with van der Waals surface area (Å²) in [6.45, 7) is 3.69. The summed E-state index contributed by atoms with van der Waals surface area (Å²) in [5.41, 5.74) is 7.32. The first-order chi connectivity index (χ1) is 9.16. The summed E-state index contributed by atoms with van der Waals surface area (Å²) < 4.78 is 5.66. The van der Waals surface area contributed by atoms with Gasteiger partial charge in [-0.25, -0.2) is 0 Å². The van der Waals surface area contributed by atoms with Crippen molar-refractivity contribution in [2.24, 2.45) is 0 Å². The highest BCUT2D eigenvalue weighted by Crippen LogP contribution is 2.38. The standard InChI is InChI=1S/C14H19N3O2/c1-9-14(18)17(11-4-6-16-7-5-11)12-8-10(15)2-3-13(12)19-9/h2-3,8-9,11,16H,4-7,15H2,1H3. The monoisotopic (exact) mass is 261 g/mol. The van der Waals surface area contributed by atoms with Gasteiger partial charge in [0.05, 0.1) is 5.69 Å². The summed E-state index contributed by atoms with van der Waals surface area (Å²) >= 11 is 0. The molecule has 0 radical (unpaired) electrons. The Morgan fingerprint density at radius 2 is 2.11 bits per heavy atom. The van der Waals surface area contributed by atoms with Crippen molar-refractivity contribution in [1.82, 2.24) is 5.32 Å². The van der Waals surface area contributed by atoms with Crippen LogP contribution in [0, 0.1) is 0 Å². The zero-order valence-electron chi connectivity index (χ0n) is 11.1. The molecule has 1 atom stereocenters. The van der Waals surface area contributed by atoms with E-state index in [0.29, 0.717) is 5.69 Å². The Morgan fingerprint density at radius 3 is 2.84 bits per heavy atom. The van der Waals surface area contributed by atoms with Gasteiger partial charge in [0, 0.05) is 11.7 Å². The highest BCUT2D eigenvalue weighted by molar-refractivity contribution is 6.00. The predicted octanol–water partition coefficient (Wildman–Crippen LogP) is 1.13. The average molecular weight is 261 g/mol. The van der Waals surface area contributed by atoms with E-state index in [0.717, 1.165) is 37.4 Å². The Morgan fingerprint density at radius 1 is 1.37 bits per heavy atom. The number of nitrogen functional groups attached to an aromatic ring is 1. The Hall–Kier alpha value is -1.75. The molecular formula is C14H19N3O2. The van der Waals surface area contributed by atoms with Crippen molar-refractivity contribution in [2.75, 3.05) is 23.7 Å². The lowest BCUT2D eigenvalue weighted by atomic mass is 10.0. The molecule has 1 aromatic carbocycles. The van der Waals surface area contributed by atoms with Gasteiger partial charge in [-0.3, -0.25) is 4.79 Å². The summed E-state index contributed by atoms with van der Waals surface area (Å²) in [6, 6.07) is 5.73. The Labute approximate surface area is 112 Å². The summed E-state index contributed by atoms with van der Waals surface area (Å²) in [5.74, 6) is 0.782. The lowest BCUT2D eigenvalue weighted by molar-refractivity contribution is -0.126. The third-order valence-electron chi connectivity index (χ3n) is 3.81.